The van der Waals surface area contributed by atoms with Crippen molar-refractivity contribution in [2.45, 2.75) is 19.0 Å². The largest absolute Gasteiger partial charge is 0.298 e. The molecular weight excluding hydrogens is 277 g/mol. The van der Waals surface area contributed by atoms with E-state index in [9.17, 15) is 0 Å². The summed E-state index contributed by atoms with van der Waals surface area (Å²) in [6.07, 6.45) is 0. The van der Waals surface area contributed by atoms with Gasteiger partial charge in [0.2, 0.25) is 0 Å². The van der Waals surface area contributed by atoms with Gasteiger partial charge in [-0.25, -0.2) is 0 Å². The molecule has 2 aromatic rings. The van der Waals surface area contributed by atoms with E-state index in [0.717, 1.165) is 23.7 Å². The van der Waals surface area contributed by atoms with Gasteiger partial charge in [-0.3, -0.25) is 4.90 Å². The van der Waals surface area contributed by atoms with Gasteiger partial charge >= 0.3 is 0 Å². The van der Waals surface area contributed by atoms with Gasteiger partial charge in [-0.05, 0) is 35.9 Å². The summed E-state index contributed by atoms with van der Waals surface area (Å²) in [7, 11) is 2.12. The summed E-state index contributed by atoms with van der Waals surface area (Å²) in [5.41, 5.74) is 3.72. The first-order chi connectivity index (χ1) is 9.17. The van der Waals surface area contributed by atoms with Gasteiger partial charge in [0.1, 0.15) is 0 Å². The number of benzene rings is 2. The molecule has 0 atom stereocenters. The van der Waals surface area contributed by atoms with E-state index in [4.69, 9.17) is 23.2 Å². The third-order valence-corrected chi connectivity index (χ3v) is 3.56. The standard InChI is InChI=1S/C16H17Cl2N/c1-19(12-15-6-8-16(18)9-7-15)11-14-4-2-13(10-17)3-5-14/h2-9H,10-12H2,1H3. The summed E-state index contributed by atoms with van der Waals surface area (Å²) in [4.78, 5) is 2.28. The minimum absolute atomic E-state index is 0.570. The molecule has 0 saturated heterocycles. The minimum Gasteiger partial charge on any atom is -0.298 e. The Morgan fingerprint density at radius 1 is 0.789 bits per heavy atom. The molecule has 1 nitrogen and oxygen atoms in total. The Balaban J connectivity index is 1.92. The third-order valence-electron chi connectivity index (χ3n) is 3.00. The van der Waals surface area contributed by atoms with Crippen LogP contribution in [0, 0.1) is 0 Å². The first kappa shape index (κ1) is 14.4. The summed E-state index contributed by atoms with van der Waals surface area (Å²) in [6.45, 7) is 1.83. The third kappa shape index (κ3) is 4.54. The van der Waals surface area contributed by atoms with Gasteiger partial charge in [-0.2, -0.15) is 0 Å². The summed E-state index contributed by atoms with van der Waals surface area (Å²) in [5, 5.41) is 0.781. The Labute approximate surface area is 124 Å². The van der Waals surface area contributed by atoms with Crippen molar-refractivity contribution in [2.24, 2.45) is 0 Å². The van der Waals surface area contributed by atoms with E-state index in [1.807, 2.05) is 12.1 Å². The van der Waals surface area contributed by atoms with Crippen molar-refractivity contribution in [3.63, 3.8) is 0 Å². The van der Waals surface area contributed by atoms with E-state index in [-0.39, 0.29) is 0 Å². The summed E-state index contributed by atoms with van der Waals surface area (Å²) in [5.74, 6) is 0.570. The highest BCUT2D eigenvalue weighted by molar-refractivity contribution is 6.30. The van der Waals surface area contributed by atoms with E-state index in [2.05, 4.69) is 48.3 Å². The lowest BCUT2D eigenvalue weighted by molar-refractivity contribution is 0.319. The van der Waals surface area contributed by atoms with E-state index in [1.165, 1.54) is 11.1 Å². The molecule has 2 aromatic carbocycles. The summed E-state index contributed by atoms with van der Waals surface area (Å²) >= 11 is 11.7. The van der Waals surface area contributed by atoms with Gasteiger partial charge in [0.05, 0.1) is 0 Å². The second kappa shape index (κ2) is 6.95. The van der Waals surface area contributed by atoms with Gasteiger partial charge in [0.15, 0.2) is 0 Å². The zero-order valence-electron chi connectivity index (χ0n) is 10.9. The average molecular weight is 294 g/mol. The summed E-state index contributed by atoms with van der Waals surface area (Å²) < 4.78 is 0. The maximum Gasteiger partial charge on any atom is 0.0474 e. The van der Waals surface area contributed by atoms with Crippen LogP contribution in [0.3, 0.4) is 0 Å². The zero-order valence-corrected chi connectivity index (χ0v) is 12.5. The average Bonchev–Trinajstić information content (AvgIpc) is 2.42. The van der Waals surface area contributed by atoms with Gasteiger partial charge < -0.3 is 0 Å². The van der Waals surface area contributed by atoms with Crippen molar-refractivity contribution in [2.75, 3.05) is 7.05 Å². The molecule has 0 aliphatic heterocycles. The predicted octanol–water partition coefficient (Wildman–Crippen LogP) is 4.71. The van der Waals surface area contributed by atoms with Crippen molar-refractivity contribution < 1.29 is 0 Å². The first-order valence-electron chi connectivity index (χ1n) is 6.24. The van der Waals surface area contributed by atoms with Crippen LogP contribution >= 0.6 is 23.2 Å². The SMILES string of the molecule is CN(Cc1ccc(Cl)cc1)Cc1ccc(CCl)cc1. The van der Waals surface area contributed by atoms with Gasteiger partial charge in [0, 0.05) is 24.0 Å². The van der Waals surface area contributed by atoms with Crippen LogP contribution in [0.2, 0.25) is 5.02 Å². The highest BCUT2D eigenvalue weighted by Gasteiger charge is 2.02. The molecule has 0 amide bonds. The molecule has 0 spiro atoms. The molecular formula is C16H17Cl2N. The Kier molecular flexibility index (Phi) is 5.26. The molecule has 19 heavy (non-hydrogen) atoms. The molecule has 2 rings (SSSR count). The van der Waals surface area contributed by atoms with E-state index >= 15 is 0 Å². The van der Waals surface area contributed by atoms with Gasteiger partial charge in [-0.1, -0.05) is 48.0 Å². The molecule has 0 unspecified atom stereocenters. The van der Waals surface area contributed by atoms with Crippen LogP contribution in [0.4, 0.5) is 0 Å². The number of hydrogen-bond acceptors (Lipinski definition) is 1. The normalized spacial score (nSPS) is 10.9. The molecule has 0 radical (unpaired) electrons. The Morgan fingerprint density at radius 2 is 1.21 bits per heavy atom. The van der Waals surface area contributed by atoms with Crippen molar-refractivity contribution in [3.05, 3.63) is 70.2 Å². The Hall–Kier alpha value is -1.02. The van der Waals surface area contributed by atoms with E-state index < -0.39 is 0 Å². The molecule has 0 aromatic heterocycles. The van der Waals surface area contributed by atoms with Crippen molar-refractivity contribution in [3.8, 4) is 0 Å². The van der Waals surface area contributed by atoms with Crippen LogP contribution in [0.1, 0.15) is 16.7 Å². The monoisotopic (exact) mass is 293 g/mol. The Bertz CT molecular complexity index is 505. The first-order valence-corrected chi connectivity index (χ1v) is 7.15. The second-order valence-corrected chi connectivity index (χ2v) is 5.45. The molecule has 0 N–H and O–H groups in total. The fraction of sp³-hybridized carbons (Fsp3) is 0.250. The van der Waals surface area contributed by atoms with Crippen LogP contribution in [0.5, 0.6) is 0 Å². The number of hydrogen-bond donors (Lipinski definition) is 0. The highest BCUT2D eigenvalue weighted by atomic mass is 35.5. The number of alkyl halides is 1. The van der Waals surface area contributed by atoms with Crippen LogP contribution in [0.25, 0.3) is 0 Å². The molecule has 0 bridgehead atoms. The smallest absolute Gasteiger partial charge is 0.0474 e. The number of halogens is 2. The zero-order chi connectivity index (χ0) is 13.7. The molecule has 0 saturated carbocycles. The second-order valence-electron chi connectivity index (χ2n) is 4.75. The quantitative estimate of drug-likeness (QED) is 0.722. The van der Waals surface area contributed by atoms with Crippen molar-refractivity contribution in [1.82, 2.24) is 4.90 Å². The molecule has 0 aliphatic carbocycles. The van der Waals surface area contributed by atoms with Crippen LogP contribution < -0.4 is 0 Å². The van der Waals surface area contributed by atoms with E-state index in [0.29, 0.717) is 5.88 Å². The lowest BCUT2D eigenvalue weighted by Crippen LogP contribution is -2.17. The summed E-state index contributed by atoms with van der Waals surface area (Å²) in [6, 6.07) is 16.4. The fourth-order valence-corrected chi connectivity index (χ4v) is 2.31. The number of nitrogens with zero attached hydrogens (tertiary/aromatic N) is 1. The topological polar surface area (TPSA) is 3.24 Å². The predicted molar refractivity (Wildman–Crippen MR) is 82.6 cm³/mol. The highest BCUT2D eigenvalue weighted by Crippen LogP contribution is 2.13. The van der Waals surface area contributed by atoms with Gasteiger partial charge in [0.25, 0.3) is 0 Å². The lowest BCUT2D eigenvalue weighted by Gasteiger charge is -2.17. The van der Waals surface area contributed by atoms with Crippen LogP contribution in [-0.4, -0.2) is 11.9 Å². The molecule has 3 heteroatoms. The maximum absolute atomic E-state index is 5.88. The lowest BCUT2D eigenvalue weighted by atomic mass is 10.1. The fourth-order valence-electron chi connectivity index (χ4n) is 2.00. The van der Waals surface area contributed by atoms with Crippen LogP contribution in [0.15, 0.2) is 48.5 Å². The van der Waals surface area contributed by atoms with Crippen molar-refractivity contribution >= 4 is 23.2 Å². The van der Waals surface area contributed by atoms with Crippen molar-refractivity contribution in [1.29, 1.82) is 0 Å². The molecule has 0 fully saturated rings. The minimum atomic E-state index is 0.570. The van der Waals surface area contributed by atoms with Crippen LogP contribution in [-0.2, 0) is 19.0 Å². The number of rotatable bonds is 5. The van der Waals surface area contributed by atoms with Gasteiger partial charge in [-0.15, -0.1) is 11.6 Å². The molecule has 0 aliphatic rings. The maximum atomic E-state index is 5.88. The van der Waals surface area contributed by atoms with E-state index in [1.54, 1.807) is 0 Å². The molecule has 100 valence electrons. The molecule has 0 heterocycles. The Morgan fingerprint density at radius 3 is 1.68 bits per heavy atom.